The number of benzene rings is 2. The average Bonchev–Trinajstić information content (AvgIpc) is 2.58. The summed E-state index contributed by atoms with van der Waals surface area (Å²) in [6, 6.07) is 15.6. The van der Waals surface area contributed by atoms with Crippen molar-refractivity contribution < 1.29 is 4.79 Å². The fraction of sp³-hybridized carbons (Fsp3) is 0.125. The van der Waals surface area contributed by atoms with Gasteiger partial charge < -0.3 is 11.1 Å². The van der Waals surface area contributed by atoms with Crippen molar-refractivity contribution in [3.63, 3.8) is 0 Å². The predicted octanol–water partition coefficient (Wildman–Crippen LogP) is 2.07. The predicted molar refractivity (Wildman–Crippen MR) is 79.9 cm³/mol. The molecular formula is C16H15N3O. The number of hydrogen-bond donors (Lipinski definition) is 2. The number of nitrogens with one attached hydrogen (secondary N) is 1. The summed E-state index contributed by atoms with van der Waals surface area (Å²) in [5.74, 6) is -0.291. The molecule has 3 N–H and O–H groups in total. The maximum atomic E-state index is 11.9. The Balaban J connectivity index is 2.23. The van der Waals surface area contributed by atoms with E-state index in [2.05, 4.69) is 10.3 Å². The van der Waals surface area contributed by atoms with E-state index in [-0.39, 0.29) is 5.91 Å². The number of hydrogen-bond acceptors (Lipinski definition) is 3. The summed E-state index contributed by atoms with van der Waals surface area (Å²) in [6.45, 7) is 2.01. The largest absolute Gasteiger partial charge is 0.322 e. The Labute approximate surface area is 117 Å². The number of nitrogens with two attached hydrogens (primary N) is 1. The molecule has 4 nitrogen and oxygen atoms in total. The van der Waals surface area contributed by atoms with Gasteiger partial charge >= 0.3 is 0 Å². The van der Waals surface area contributed by atoms with Crippen molar-refractivity contribution in [2.75, 3.05) is 5.32 Å². The van der Waals surface area contributed by atoms with E-state index in [1.165, 1.54) is 0 Å². The Morgan fingerprint density at radius 2 is 1.90 bits per heavy atom. The normalized spacial score (nSPS) is 17.8. The van der Waals surface area contributed by atoms with Crippen molar-refractivity contribution in [3.8, 4) is 0 Å². The summed E-state index contributed by atoms with van der Waals surface area (Å²) < 4.78 is 0. The van der Waals surface area contributed by atoms with Gasteiger partial charge in [-0.1, -0.05) is 42.0 Å². The van der Waals surface area contributed by atoms with Crippen LogP contribution in [0.1, 0.15) is 16.7 Å². The van der Waals surface area contributed by atoms with E-state index in [1.807, 2.05) is 55.5 Å². The Bertz CT molecular complexity index is 692. The highest BCUT2D eigenvalue weighted by Gasteiger charge is 2.22. The molecule has 0 fully saturated rings. The molecule has 4 heteroatoms. The van der Waals surface area contributed by atoms with Gasteiger partial charge in [-0.25, -0.2) is 0 Å². The number of anilines is 1. The maximum absolute atomic E-state index is 11.9. The van der Waals surface area contributed by atoms with Crippen LogP contribution in [0.5, 0.6) is 0 Å². The SMILES string of the molecule is Cc1ccc2c(c1)C(c1ccccc1)=NC(N)C(=O)N2. The van der Waals surface area contributed by atoms with E-state index in [0.29, 0.717) is 0 Å². The molecule has 1 heterocycles. The zero-order valence-electron chi connectivity index (χ0n) is 11.1. The summed E-state index contributed by atoms with van der Waals surface area (Å²) in [5.41, 5.74) is 10.3. The molecule has 2 aromatic rings. The summed E-state index contributed by atoms with van der Waals surface area (Å²) in [5, 5.41) is 2.82. The van der Waals surface area contributed by atoms with Crippen LogP contribution in [-0.4, -0.2) is 17.8 Å². The van der Waals surface area contributed by atoms with E-state index in [1.54, 1.807) is 0 Å². The van der Waals surface area contributed by atoms with Crippen LogP contribution in [0.4, 0.5) is 5.69 Å². The fourth-order valence-electron chi connectivity index (χ4n) is 2.26. The fourth-order valence-corrected chi connectivity index (χ4v) is 2.26. The minimum atomic E-state index is -0.891. The van der Waals surface area contributed by atoms with Gasteiger partial charge in [-0.2, -0.15) is 0 Å². The summed E-state index contributed by atoms with van der Waals surface area (Å²) >= 11 is 0. The summed E-state index contributed by atoms with van der Waals surface area (Å²) in [7, 11) is 0. The number of aliphatic imine (C=N–C) groups is 1. The smallest absolute Gasteiger partial charge is 0.263 e. The highest BCUT2D eigenvalue weighted by atomic mass is 16.2. The van der Waals surface area contributed by atoms with Gasteiger partial charge in [0.1, 0.15) is 0 Å². The third-order valence-corrected chi connectivity index (χ3v) is 3.27. The van der Waals surface area contributed by atoms with E-state index in [0.717, 1.165) is 28.1 Å². The maximum Gasteiger partial charge on any atom is 0.263 e. The van der Waals surface area contributed by atoms with Gasteiger partial charge in [0.05, 0.1) is 11.4 Å². The van der Waals surface area contributed by atoms with Gasteiger partial charge in [0.25, 0.3) is 5.91 Å². The van der Waals surface area contributed by atoms with Crippen LogP contribution >= 0.6 is 0 Å². The van der Waals surface area contributed by atoms with E-state index in [9.17, 15) is 4.79 Å². The number of amides is 1. The zero-order valence-corrected chi connectivity index (χ0v) is 11.1. The molecule has 0 saturated carbocycles. The molecule has 1 amide bonds. The molecule has 100 valence electrons. The molecule has 0 saturated heterocycles. The van der Waals surface area contributed by atoms with Crippen molar-refractivity contribution in [3.05, 3.63) is 65.2 Å². The number of aryl methyl sites for hydroxylation is 1. The zero-order chi connectivity index (χ0) is 14.1. The lowest BCUT2D eigenvalue weighted by Crippen LogP contribution is -2.33. The first-order valence-corrected chi connectivity index (χ1v) is 6.46. The highest BCUT2D eigenvalue weighted by molar-refractivity contribution is 6.19. The number of rotatable bonds is 1. The van der Waals surface area contributed by atoms with Gasteiger partial charge in [0.2, 0.25) is 0 Å². The second-order valence-electron chi connectivity index (χ2n) is 4.83. The number of benzodiazepines with no additional fused rings is 1. The van der Waals surface area contributed by atoms with E-state index >= 15 is 0 Å². The summed E-state index contributed by atoms with van der Waals surface area (Å²) in [6.07, 6.45) is -0.891. The third-order valence-electron chi connectivity index (χ3n) is 3.27. The molecule has 0 aliphatic carbocycles. The average molecular weight is 265 g/mol. The van der Waals surface area contributed by atoms with Crippen LogP contribution in [0.25, 0.3) is 0 Å². The first kappa shape index (κ1) is 12.6. The van der Waals surface area contributed by atoms with E-state index in [4.69, 9.17) is 5.73 Å². The monoisotopic (exact) mass is 265 g/mol. The standard InChI is InChI=1S/C16H15N3O/c1-10-7-8-13-12(9-10)14(11-5-3-2-4-6-11)19-15(17)16(20)18-13/h2-9,15H,17H2,1H3,(H,18,20). The minimum Gasteiger partial charge on any atom is -0.322 e. The second kappa shape index (κ2) is 4.90. The minimum absolute atomic E-state index is 0.291. The van der Waals surface area contributed by atoms with Gasteiger partial charge in [-0.15, -0.1) is 0 Å². The van der Waals surface area contributed by atoms with Crippen molar-refractivity contribution in [2.45, 2.75) is 13.1 Å². The van der Waals surface area contributed by atoms with Crippen molar-refractivity contribution in [1.82, 2.24) is 0 Å². The van der Waals surface area contributed by atoms with Gasteiger partial charge in [-0.3, -0.25) is 9.79 Å². The van der Waals surface area contributed by atoms with Gasteiger partial charge in [0, 0.05) is 11.1 Å². The van der Waals surface area contributed by atoms with E-state index < -0.39 is 6.17 Å². The van der Waals surface area contributed by atoms with Crippen molar-refractivity contribution in [1.29, 1.82) is 0 Å². The number of carbonyl (C=O) groups is 1. The van der Waals surface area contributed by atoms with Crippen molar-refractivity contribution >= 4 is 17.3 Å². The van der Waals surface area contributed by atoms with Crippen LogP contribution in [0.15, 0.2) is 53.5 Å². The quantitative estimate of drug-likeness (QED) is 0.828. The lowest BCUT2D eigenvalue weighted by Gasteiger charge is -2.10. The van der Waals surface area contributed by atoms with Crippen LogP contribution in [-0.2, 0) is 4.79 Å². The Kier molecular flexibility index (Phi) is 3.08. The second-order valence-corrected chi connectivity index (χ2v) is 4.83. The number of nitrogens with zero attached hydrogens (tertiary/aromatic N) is 1. The number of carbonyl (C=O) groups excluding carboxylic acids is 1. The Morgan fingerprint density at radius 1 is 1.15 bits per heavy atom. The van der Waals surface area contributed by atoms with Crippen molar-refractivity contribution in [2.24, 2.45) is 10.7 Å². The van der Waals surface area contributed by atoms with Crippen LogP contribution in [0.2, 0.25) is 0 Å². The molecule has 0 bridgehead atoms. The molecule has 0 aromatic heterocycles. The third kappa shape index (κ3) is 2.21. The molecule has 0 radical (unpaired) electrons. The topological polar surface area (TPSA) is 67.5 Å². The first-order chi connectivity index (χ1) is 9.65. The molecule has 1 aliphatic rings. The lowest BCUT2D eigenvalue weighted by molar-refractivity contribution is -0.117. The molecule has 1 unspecified atom stereocenters. The van der Waals surface area contributed by atoms with Gasteiger partial charge in [-0.05, 0) is 19.1 Å². The molecule has 1 atom stereocenters. The molecule has 0 spiro atoms. The number of fused-ring (bicyclic) bond motifs is 1. The highest BCUT2D eigenvalue weighted by Crippen LogP contribution is 2.24. The van der Waals surface area contributed by atoms with Crippen LogP contribution in [0.3, 0.4) is 0 Å². The van der Waals surface area contributed by atoms with Crippen LogP contribution < -0.4 is 11.1 Å². The molecular weight excluding hydrogens is 250 g/mol. The molecule has 20 heavy (non-hydrogen) atoms. The van der Waals surface area contributed by atoms with Gasteiger partial charge in [0.15, 0.2) is 6.17 Å². The summed E-state index contributed by atoms with van der Waals surface area (Å²) in [4.78, 5) is 16.3. The molecule has 2 aromatic carbocycles. The lowest BCUT2D eigenvalue weighted by atomic mass is 9.99. The molecule has 1 aliphatic heterocycles. The van der Waals surface area contributed by atoms with Crippen LogP contribution in [0, 0.1) is 6.92 Å². The Morgan fingerprint density at radius 3 is 2.65 bits per heavy atom. The molecule has 3 rings (SSSR count). The Hall–Kier alpha value is -2.46. The first-order valence-electron chi connectivity index (χ1n) is 6.46.